The van der Waals surface area contributed by atoms with Gasteiger partial charge in [0.1, 0.15) is 0 Å². The highest BCUT2D eigenvalue weighted by Gasteiger charge is 2.15. The summed E-state index contributed by atoms with van der Waals surface area (Å²) in [6.07, 6.45) is 1.69. The van der Waals surface area contributed by atoms with Gasteiger partial charge < -0.3 is 5.32 Å². The molecule has 0 atom stereocenters. The molecule has 0 aliphatic heterocycles. The number of carbonyl (C=O) groups is 1. The maximum absolute atomic E-state index is 12.1. The number of carbonyl (C=O) groups excluding carboxylic acids is 1. The molecular formula is C14H16N4O3. The SMILES string of the molecule is Cc1ccc(C(=O)NCc2cnn(C)c2C)cc1[N+](=O)[O-]. The zero-order chi connectivity index (χ0) is 15.6. The normalized spacial score (nSPS) is 10.4. The van der Waals surface area contributed by atoms with Crippen molar-refractivity contribution < 1.29 is 9.72 Å². The summed E-state index contributed by atoms with van der Waals surface area (Å²) in [4.78, 5) is 22.5. The second kappa shape index (κ2) is 5.74. The molecule has 0 spiro atoms. The highest BCUT2D eigenvalue weighted by molar-refractivity contribution is 5.94. The van der Waals surface area contributed by atoms with Crippen LogP contribution in [0.1, 0.15) is 27.2 Å². The van der Waals surface area contributed by atoms with Crippen LogP contribution >= 0.6 is 0 Å². The lowest BCUT2D eigenvalue weighted by Gasteiger charge is -2.06. The van der Waals surface area contributed by atoms with E-state index in [1.807, 2.05) is 14.0 Å². The molecule has 7 heteroatoms. The molecule has 0 bridgehead atoms. The molecule has 0 unspecified atom stereocenters. The molecule has 0 aliphatic rings. The van der Waals surface area contributed by atoms with Crippen molar-refractivity contribution in [3.8, 4) is 0 Å². The summed E-state index contributed by atoms with van der Waals surface area (Å²) in [5.41, 5.74) is 2.62. The molecule has 0 fully saturated rings. The van der Waals surface area contributed by atoms with Gasteiger partial charge >= 0.3 is 0 Å². The van der Waals surface area contributed by atoms with Crippen LogP contribution in [0.2, 0.25) is 0 Å². The Hall–Kier alpha value is -2.70. The van der Waals surface area contributed by atoms with Crippen LogP contribution in [-0.4, -0.2) is 20.6 Å². The Balaban J connectivity index is 2.12. The molecule has 0 radical (unpaired) electrons. The number of hydrogen-bond acceptors (Lipinski definition) is 4. The van der Waals surface area contributed by atoms with Crippen molar-refractivity contribution in [2.45, 2.75) is 20.4 Å². The standard InChI is InChI=1S/C14H16N4O3/c1-9-4-5-11(6-13(9)18(20)21)14(19)15-7-12-8-16-17(3)10(12)2/h4-6,8H,7H2,1-3H3,(H,15,19). The Kier molecular flexibility index (Phi) is 4.02. The summed E-state index contributed by atoms with van der Waals surface area (Å²) in [6.45, 7) is 3.88. The molecule has 1 aromatic heterocycles. The first kappa shape index (κ1) is 14.7. The van der Waals surface area contributed by atoms with Crippen molar-refractivity contribution in [2.75, 3.05) is 0 Å². The Morgan fingerprint density at radius 2 is 2.14 bits per heavy atom. The molecule has 0 saturated heterocycles. The van der Waals surface area contributed by atoms with Crippen molar-refractivity contribution in [2.24, 2.45) is 7.05 Å². The molecule has 0 aliphatic carbocycles. The number of amides is 1. The molecule has 0 saturated carbocycles. The zero-order valence-corrected chi connectivity index (χ0v) is 12.1. The van der Waals surface area contributed by atoms with Gasteiger partial charge in [-0.1, -0.05) is 6.07 Å². The maximum atomic E-state index is 12.1. The minimum absolute atomic E-state index is 0.0554. The fourth-order valence-electron chi connectivity index (χ4n) is 1.94. The van der Waals surface area contributed by atoms with Crippen LogP contribution in [0.15, 0.2) is 24.4 Å². The molecular weight excluding hydrogens is 272 g/mol. The van der Waals surface area contributed by atoms with Crippen LogP contribution < -0.4 is 5.32 Å². The summed E-state index contributed by atoms with van der Waals surface area (Å²) >= 11 is 0. The van der Waals surface area contributed by atoms with Gasteiger partial charge in [0.05, 0.1) is 11.1 Å². The molecule has 1 heterocycles. The lowest BCUT2D eigenvalue weighted by atomic mass is 10.1. The monoisotopic (exact) mass is 288 g/mol. The quantitative estimate of drug-likeness (QED) is 0.687. The van der Waals surface area contributed by atoms with Gasteiger partial charge in [0, 0.05) is 42.0 Å². The molecule has 7 nitrogen and oxygen atoms in total. The van der Waals surface area contributed by atoms with Crippen LogP contribution in [0.4, 0.5) is 5.69 Å². The smallest absolute Gasteiger partial charge is 0.273 e. The van der Waals surface area contributed by atoms with Gasteiger partial charge in [-0.2, -0.15) is 5.10 Å². The van der Waals surface area contributed by atoms with E-state index < -0.39 is 4.92 Å². The number of nitro groups is 1. The van der Waals surface area contributed by atoms with E-state index in [1.54, 1.807) is 29.9 Å². The van der Waals surface area contributed by atoms with Crippen LogP contribution in [0.5, 0.6) is 0 Å². The third-order valence-corrected chi connectivity index (χ3v) is 3.44. The highest BCUT2D eigenvalue weighted by atomic mass is 16.6. The number of aromatic nitrogens is 2. The highest BCUT2D eigenvalue weighted by Crippen LogP contribution is 2.19. The summed E-state index contributed by atoms with van der Waals surface area (Å²) in [5.74, 6) is -0.346. The summed E-state index contributed by atoms with van der Waals surface area (Å²) in [6, 6.07) is 4.44. The van der Waals surface area contributed by atoms with Gasteiger partial charge in [0.2, 0.25) is 0 Å². The number of nitrogens with one attached hydrogen (secondary N) is 1. The molecule has 110 valence electrons. The van der Waals surface area contributed by atoms with Crippen molar-refractivity contribution in [3.05, 3.63) is 56.9 Å². The molecule has 1 N–H and O–H groups in total. The Morgan fingerprint density at radius 3 is 2.71 bits per heavy atom. The number of hydrogen-bond donors (Lipinski definition) is 1. The fraction of sp³-hybridized carbons (Fsp3) is 0.286. The van der Waals surface area contributed by atoms with Crippen LogP contribution in [0, 0.1) is 24.0 Å². The van der Waals surface area contributed by atoms with E-state index in [0.717, 1.165) is 11.3 Å². The van der Waals surface area contributed by atoms with Gasteiger partial charge in [-0.15, -0.1) is 0 Å². The molecule has 2 aromatic rings. The maximum Gasteiger partial charge on any atom is 0.273 e. The Bertz CT molecular complexity index is 706. The third-order valence-electron chi connectivity index (χ3n) is 3.44. The van der Waals surface area contributed by atoms with Crippen molar-refractivity contribution >= 4 is 11.6 Å². The number of rotatable bonds is 4. The predicted molar refractivity (Wildman–Crippen MR) is 76.9 cm³/mol. The van der Waals surface area contributed by atoms with Crippen LogP contribution in [-0.2, 0) is 13.6 Å². The van der Waals surface area contributed by atoms with E-state index in [1.165, 1.54) is 6.07 Å². The van der Waals surface area contributed by atoms with Gasteiger partial charge in [-0.05, 0) is 19.9 Å². The predicted octanol–water partition coefficient (Wildman–Crippen LogP) is 1.88. The van der Waals surface area contributed by atoms with Gasteiger partial charge in [0.25, 0.3) is 11.6 Å². The van der Waals surface area contributed by atoms with Crippen molar-refractivity contribution in [3.63, 3.8) is 0 Å². The topological polar surface area (TPSA) is 90.1 Å². The molecule has 2 rings (SSSR count). The average Bonchev–Trinajstić information content (AvgIpc) is 2.76. The van der Waals surface area contributed by atoms with E-state index in [4.69, 9.17) is 0 Å². The summed E-state index contributed by atoms with van der Waals surface area (Å²) < 4.78 is 1.72. The van der Waals surface area contributed by atoms with E-state index in [9.17, 15) is 14.9 Å². The van der Waals surface area contributed by atoms with Gasteiger partial charge in [0.15, 0.2) is 0 Å². The number of aryl methyl sites for hydroxylation is 2. The third kappa shape index (κ3) is 3.07. The van der Waals surface area contributed by atoms with Crippen LogP contribution in [0.3, 0.4) is 0 Å². The second-order valence-corrected chi connectivity index (χ2v) is 4.82. The Labute approximate surface area is 121 Å². The van der Waals surface area contributed by atoms with Gasteiger partial charge in [-0.25, -0.2) is 0 Å². The zero-order valence-electron chi connectivity index (χ0n) is 12.1. The first-order chi connectivity index (χ1) is 9.90. The number of nitrogens with zero attached hydrogens (tertiary/aromatic N) is 3. The molecule has 21 heavy (non-hydrogen) atoms. The number of nitro benzene ring substituents is 1. The van der Waals surface area contributed by atoms with Crippen molar-refractivity contribution in [1.29, 1.82) is 0 Å². The first-order valence-corrected chi connectivity index (χ1v) is 6.41. The van der Waals surface area contributed by atoms with Crippen molar-refractivity contribution in [1.82, 2.24) is 15.1 Å². The van der Waals surface area contributed by atoms with E-state index >= 15 is 0 Å². The van der Waals surface area contributed by atoms with E-state index in [0.29, 0.717) is 12.1 Å². The van der Waals surface area contributed by atoms with Gasteiger partial charge in [-0.3, -0.25) is 19.6 Å². The van der Waals surface area contributed by atoms with Crippen LogP contribution in [0.25, 0.3) is 0 Å². The Morgan fingerprint density at radius 1 is 1.43 bits per heavy atom. The number of benzene rings is 1. The lowest BCUT2D eigenvalue weighted by Crippen LogP contribution is -2.23. The molecule has 1 amide bonds. The lowest BCUT2D eigenvalue weighted by molar-refractivity contribution is -0.385. The summed E-state index contributed by atoms with van der Waals surface area (Å²) in [7, 11) is 1.82. The fourth-order valence-corrected chi connectivity index (χ4v) is 1.94. The minimum atomic E-state index is -0.489. The second-order valence-electron chi connectivity index (χ2n) is 4.82. The average molecular weight is 288 g/mol. The first-order valence-electron chi connectivity index (χ1n) is 6.41. The molecule has 1 aromatic carbocycles. The van der Waals surface area contributed by atoms with E-state index in [2.05, 4.69) is 10.4 Å². The summed E-state index contributed by atoms with van der Waals surface area (Å²) in [5, 5.41) is 17.7. The van der Waals surface area contributed by atoms with E-state index in [-0.39, 0.29) is 17.2 Å². The minimum Gasteiger partial charge on any atom is -0.348 e. The largest absolute Gasteiger partial charge is 0.348 e.